The van der Waals surface area contributed by atoms with Crippen LogP contribution in [0.25, 0.3) is 0 Å². The second kappa shape index (κ2) is 9.19. The Kier molecular flexibility index (Phi) is 6.44. The molecule has 1 heterocycles. The Morgan fingerprint density at radius 2 is 1.76 bits per heavy atom. The molecule has 0 atom stereocenters. The van der Waals surface area contributed by atoms with E-state index < -0.39 is 0 Å². The van der Waals surface area contributed by atoms with Crippen LogP contribution in [0.15, 0.2) is 54.6 Å². The molecule has 1 amide bonds. The predicted octanol–water partition coefficient (Wildman–Crippen LogP) is 4.55. The molecule has 0 unspecified atom stereocenters. The van der Waals surface area contributed by atoms with Crippen molar-refractivity contribution in [1.82, 2.24) is 15.3 Å². The summed E-state index contributed by atoms with van der Waals surface area (Å²) in [6.07, 6.45) is 0.0409. The zero-order valence-electron chi connectivity index (χ0n) is 17.2. The molecule has 1 aromatic heterocycles. The number of hydrogen-bond acceptors (Lipinski definition) is 5. The lowest BCUT2D eigenvalue weighted by atomic mass is 10.1. The second-order valence-electron chi connectivity index (χ2n) is 7.12. The van der Waals surface area contributed by atoms with Gasteiger partial charge >= 0.3 is 0 Å². The van der Waals surface area contributed by atoms with Crippen LogP contribution >= 0.6 is 0 Å². The highest BCUT2D eigenvalue weighted by Gasteiger charge is 2.13. The van der Waals surface area contributed by atoms with E-state index in [-0.39, 0.29) is 12.0 Å². The van der Waals surface area contributed by atoms with Gasteiger partial charge < -0.3 is 15.4 Å². The Bertz CT molecular complexity index is 1000. The summed E-state index contributed by atoms with van der Waals surface area (Å²) in [5.74, 6) is 0.817. The minimum absolute atomic E-state index is 0.0409. The Labute approximate surface area is 171 Å². The number of amides is 1. The molecule has 0 aliphatic carbocycles. The minimum Gasteiger partial charge on any atom is -0.489 e. The first-order valence-corrected chi connectivity index (χ1v) is 9.63. The summed E-state index contributed by atoms with van der Waals surface area (Å²) >= 11 is 0. The average molecular weight is 390 g/mol. The van der Waals surface area contributed by atoms with Crippen molar-refractivity contribution in [1.29, 1.82) is 0 Å². The van der Waals surface area contributed by atoms with E-state index in [1.807, 2.05) is 76.2 Å². The molecule has 6 nitrogen and oxygen atoms in total. The van der Waals surface area contributed by atoms with Crippen LogP contribution in [0.3, 0.4) is 0 Å². The molecule has 0 aliphatic rings. The van der Waals surface area contributed by atoms with E-state index >= 15 is 0 Å². The molecule has 3 rings (SSSR count). The summed E-state index contributed by atoms with van der Waals surface area (Å²) in [5.41, 5.74) is 3.97. The van der Waals surface area contributed by atoms with Crippen LogP contribution in [0.1, 0.15) is 41.2 Å². The van der Waals surface area contributed by atoms with Crippen LogP contribution in [0, 0.1) is 13.8 Å². The highest BCUT2D eigenvalue weighted by atomic mass is 16.5. The van der Waals surface area contributed by atoms with E-state index in [1.54, 1.807) is 6.07 Å². The number of carbonyl (C=O) groups is 1. The number of nitrogens with zero attached hydrogens (tertiary/aromatic N) is 2. The van der Waals surface area contributed by atoms with Crippen molar-refractivity contribution in [3.05, 3.63) is 77.1 Å². The number of ether oxygens (including phenoxy) is 1. The van der Waals surface area contributed by atoms with Crippen molar-refractivity contribution >= 4 is 17.5 Å². The molecule has 6 heteroatoms. The zero-order chi connectivity index (χ0) is 20.8. The molecule has 0 spiro atoms. The van der Waals surface area contributed by atoms with Crippen molar-refractivity contribution < 1.29 is 9.53 Å². The fraction of sp³-hybridized carbons (Fsp3) is 0.261. The molecule has 2 N–H and O–H groups in total. The summed E-state index contributed by atoms with van der Waals surface area (Å²) in [6, 6.07) is 17.2. The van der Waals surface area contributed by atoms with Gasteiger partial charge in [-0.25, -0.2) is 9.97 Å². The van der Waals surface area contributed by atoms with Crippen LogP contribution in [0.4, 0.5) is 11.6 Å². The maximum Gasteiger partial charge on any atom is 0.270 e. The Morgan fingerprint density at radius 1 is 1.03 bits per heavy atom. The average Bonchev–Trinajstić information content (AvgIpc) is 2.68. The van der Waals surface area contributed by atoms with Gasteiger partial charge in [0.05, 0.1) is 11.8 Å². The first-order chi connectivity index (χ1) is 13.9. The van der Waals surface area contributed by atoms with E-state index in [2.05, 4.69) is 20.6 Å². The quantitative estimate of drug-likeness (QED) is 0.619. The van der Waals surface area contributed by atoms with Crippen LogP contribution < -0.4 is 15.4 Å². The first kappa shape index (κ1) is 20.3. The lowest BCUT2D eigenvalue weighted by molar-refractivity contribution is 0.0945. The molecule has 0 radical (unpaired) electrons. The molecule has 0 fully saturated rings. The van der Waals surface area contributed by atoms with Crippen molar-refractivity contribution in [2.45, 2.75) is 40.3 Å². The number of rotatable bonds is 7. The second-order valence-corrected chi connectivity index (χ2v) is 7.12. The molecule has 0 saturated heterocycles. The van der Waals surface area contributed by atoms with Gasteiger partial charge in [-0.2, -0.15) is 0 Å². The van der Waals surface area contributed by atoms with E-state index in [1.165, 1.54) is 0 Å². The maximum absolute atomic E-state index is 12.6. The fourth-order valence-electron chi connectivity index (χ4n) is 2.86. The van der Waals surface area contributed by atoms with Crippen molar-refractivity contribution in [2.24, 2.45) is 0 Å². The molecule has 0 aliphatic heterocycles. The van der Waals surface area contributed by atoms with Crippen LogP contribution in [0.5, 0.6) is 5.75 Å². The summed E-state index contributed by atoms with van der Waals surface area (Å²) in [5, 5.41) is 6.10. The lowest BCUT2D eigenvalue weighted by Gasteiger charge is -2.15. The fourth-order valence-corrected chi connectivity index (χ4v) is 2.86. The van der Waals surface area contributed by atoms with Gasteiger partial charge in [0.25, 0.3) is 5.91 Å². The number of hydrogen-bond donors (Lipinski definition) is 2. The Morgan fingerprint density at radius 3 is 2.52 bits per heavy atom. The lowest BCUT2D eigenvalue weighted by Crippen LogP contribution is -2.24. The normalized spacial score (nSPS) is 10.7. The minimum atomic E-state index is -0.242. The third-order valence-electron chi connectivity index (χ3n) is 4.28. The number of benzene rings is 2. The van der Waals surface area contributed by atoms with Crippen LogP contribution in [-0.4, -0.2) is 22.0 Å². The number of para-hydroxylation sites is 2. The number of carbonyl (C=O) groups excluding carboxylic acids is 1. The zero-order valence-corrected chi connectivity index (χ0v) is 17.2. The molecule has 29 heavy (non-hydrogen) atoms. The largest absolute Gasteiger partial charge is 0.489 e. The van der Waals surface area contributed by atoms with Gasteiger partial charge in [0.15, 0.2) is 0 Å². The summed E-state index contributed by atoms with van der Waals surface area (Å²) in [6.45, 7) is 8.24. The maximum atomic E-state index is 12.6. The van der Waals surface area contributed by atoms with Crippen molar-refractivity contribution in [3.63, 3.8) is 0 Å². The van der Waals surface area contributed by atoms with Gasteiger partial charge in [-0.05, 0) is 57.0 Å². The molecule has 150 valence electrons. The molecule has 2 aromatic carbocycles. The Balaban J connectivity index is 1.76. The first-order valence-electron chi connectivity index (χ1n) is 9.63. The third kappa shape index (κ3) is 5.54. The van der Waals surface area contributed by atoms with E-state index in [0.717, 1.165) is 16.8 Å². The number of aryl methyl sites for hydroxylation is 2. The van der Waals surface area contributed by atoms with Crippen LogP contribution in [0.2, 0.25) is 0 Å². The summed E-state index contributed by atoms with van der Waals surface area (Å²) in [4.78, 5) is 21.4. The predicted molar refractivity (Wildman–Crippen MR) is 115 cm³/mol. The smallest absolute Gasteiger partial charge is 0.270 e. The topological polar surface area (TPSA) is 76.1 Å². The molecule has 3 aromatic rings. The standard InChI is InChI=1S/C23H26N4O2/c1-15(2)29-21-12-8-7-11-19(21)26-23-25-17(4)13-20(27-23)22(28)24-14-18-10-6-5-9-16(18)3/h5-13,15H,14H2,1-4H3,(H,24,28)(H,25,26,27). The summed E-state index contributed by atoms with van der Waals surface area (Å²) in [7, 11) is 0. The monoisotopic (exact) mass is 390 g/mol. The Hall–Kier alpha value is -3.41. The van der Waals surface area contributed by atoms with Gasteiger partial charge in [-0.3, -0.25) is 4.79 Å². The summed E-state index contributed by atoms with van der Waals surface area (Å²) < 4.78 is 5.83. The SMILES string of the molecule is Cc1cc(C(=O)NCc2ccccc2C)nc(Nc2ccccc2OC(C)C)n1. The molecular weight excluding hydrogens is 364 g/mol. The van der Waals surface area contributed by atoms with Gasteiger partial charge in [0.2, 0.25) is 5.95 Å². The number of anilines is 2. The molecule has 0 bridgehead atoms. The van der Waals surface area contributed by atoms with Gasteiger partial charge in [-0.1, -0.05) is 36.4 Å². The van der Waals surface area contributed by atoms with Crippen LogP contribution in [-0.2, 0) is 6.54 Å². The van der Waals surface area contributed by atoms with Crippen molar-refractivity contribution in [2.75, 3.05) is 5.32 Å². The highest BCUT2D eigenvalue weighted by Crippen LogP contribution is 2.27. The third-order valence-corrected chi connectivity index (χ3v) is 4.28. The van der Waals surface area contributed by atoms with E-state index in [9.17, 15) is 4.79 Å². The van der Waals surface area contributed by atoms with Gasteiger partial charge in [0.1, 0.15) is 11.4 Å². The molecular formula is C23H26N4O2. The van der Waals surface area contributed by atoms with Gasteiger partial charge in [0, 0.05) is 12.2 Å². The van der Waals surface area contributed by atoms with Crippen molar-refractivity contribution in [3.8, 4) is 5.75 Å². The van der Waals surface area contributed by atoms with Gasteiger partial charge in [-0.15, -0.1) is 0 Å². The number of aromatic nitrogens is 2. The molecule has 0 saturated carbocycles. The van der Waals surface area contributed by atoms with E-state index in [0.29, 0.717) is 29.6 Å². The highest BCUT2D eigenvalue weighted by molar-refractivity contribution is 5.92. The number of nitrogens with one attached hydrogen (secondary N) is 2. The van der Waals surface area contributed by atoms with E-state index in [4.69, 9.17) is 4.74 Å².